The van der Waals surface area contributed by atoms with Crippen molar-refractivity contribution in [3.05, 3.63) is 27.7 Å². The second-order valence-electron chi connectivity index (χ2n) is 3.17. The molecule has 0 atom stereocenters. The molecule has 0 radical (unpaired) electrons. The Bertz CT molecular complexity index is 477. The summed E-state index contributed by atoms with van der Waals surface area (Å²) in [5.74, 6) is -0.0607. The third-order valence-electron chi connectivity index (χ3n) is 1.97. The van der Waals surface area contributed by atoms with Gasteiger partial charge < -0.3 is 10.4 Å². The fourth-order valence-electron chi connectivity index (χ4n) is 1.09. The molecule has 3 N–H and O–H groups in total. The average molecular weight is 292 g/mol. The number of hydrazone groups is 1. The lowest BCUT2D eigenvalue weighted by Gasteiger charge is -2.07. The van der Waals surface area contributed by atoms with Gasteiger partial charge in [-0.05, 0) is 31.3 Å². The van der Waals surface area contributed by atoms with Gasteiger partial charge in [0, 0.05) is 17.6 Å². The van der Waals surface area contributed by atoms with Crippen LogP contribution in [0.15, 0.2) is 17.2 Å². The first-order valence-corrected chi connectivity index (χ1v) is 5.82. The minimum Gasteiger partial charge on any atom is -0.506 e. The van der Waals surface area contributed by atoms with Crippen molar-refractivity contribution in [2.24, 2.45) is 5.10 Å². The number of halogens is 2. The topological polar surface area (TPSA) is 56.7 Å². The molecular formula is C10H11Cl2N3OS. The summed E-state index contributed by atoms with van der Waals surface area (Å²) in [6.07, 6.45) is 0. The van der Waals surface area contributed by atoms with E-state index in [2.05, 4.69) is 15.8 Å². The van der Waals surface area contributed by atoms with Crippen LogP contribution in [0, 0.1) is 0 Å². The highest BCUT2D eigenvalue weighted by atomic mass is 35.5. The lowest BCUT2D eigenvalue weighted by molar-refractivity contribution is 0.474. The Labute approximate surface area is 115 Å². The van der Waals surface area contributed by atoms with Crippen LogP contribution in [0.3, 0.4) is 0 Å². The van der Waals surface area contributed by atoms with Gasteiger partial charge in [-0.1, -0.05) is 23.2 Å². The molecule has 1 rings (SSSR count). The molecule has 0 heterocycles. The van der Waals surface area contributed by atoms with Gasteiger partial charge in [-0.2, -0.15) is 5.10 Å². The first-order chi connectivity index (χ1) is 7.95. The molecule has 92 valence electrons. The molecule has 0 aliphatic heterocycles. The summed E-state index contributed by atoms with van der Waals surface area (Å²) in [5.41, 5.74) is 3.58. The third kappa shape index (κ3) is 3.73. The van der Waals surface area contributed by atoms with Gasteiger partial charge in [0.05, 0.1) is 10.7 Å². The Morgan fingerprint density at radius 1 is 1.41 bits per heavy atom. The molecule has 0 spiro atoms. The van der Waals surface area contributed by atoms with Gasteiger partial charge in [0.1, 0.15) is 5.75 Å². The Morgan fingerprint density at radius 3 is 2.65 bits per heavy atom. The van der Waals surface area contributed by atoms with Gasteiger partial charge >= 0.3 is 0 Å². The second kappa shape index (κ2) is 6.05. The van der Waals surface area contributed by atoms with Crippen LogP contribution in [0.25, 0.3) is 0 Å². The van der Waals surface area contributed by atoms with E-state index in [0.29, 0.717) is 21.4 Å². The van der Waals surface area contributed by atoms with Crippen molar-refractivity contribution in [3.63, 3.8) is 0 Å². The SMILES string of the molecule is CNC(=S)N/N=C(\C)c1cc(Cl)cc(Cl)c1O. The second-order valence-corrected chi connectivity index (χ2v) is 4.42. The maximum Gasteiger partial charge on any atom is 0.186 e. The number of hydrogen-bond donors (Lipinski definition) is 3. The van der Waals surface area contributed by atoms with Crippen molar-refractivity contribution in [2.75, 3.05) is 7.05 Å². The van der Waals surface area contributed by atoms with E-state index in [1.54, 1.807) is 20.0 Å². The lowest BCUT2D eigenvalue weighted by Crippen LogP contribution is -2.29. The average Bonchev–Trinajstić information content (AvgIpc) is 2.30. The van der Waals surface area contributed by atoms with Gasteiger partial charge in [-0.3, -0.25) is 5.43 Å². The van der Waals surface area contributed by atoms with Crippen molar-refractivity contribution < 1.29 is 5.11 Å². The summed E-state index contributed by atoms with van der Waals surface area (Å²) < 4.78 is 0. The number of nitrogens with zero attached hydrogens (tertiary/aromatic N) is 1. The molecular weight excluding hydrogens is 281 g/mol. The van der Waals surface area contributed by atoms with Crippen LogP contribution in [0.1, 0.15) is 12.5 Å². The highest BCUT2D eigenvalue weighted by molar-refractivity contribution is 7.80. The predicted molar refractivity (Wildman–Crippen MR) is 75.1 cm³/mol. The number of benzene rings is 1. The molecule has 7 heteroatoms. The van der Waals surface area contributed by atoms with E-state index in [-0.39, 0.29) is 10.8 Å². The Kier molecular flexibility index (Phi) is 4.99. The van der Waals surface area contributed by atoms with Gasteiger partial charge in [-0.25, -0.2) is 0 Å². The summed E-state index contributed by atoms with van der Waals surface area (Å²) in [6.45, 7) is 1.70. The summed E-state index contributed by atoms with van der Waals surface area (Å²) in [4.78, 5) is 0. The summed E-state index contributed by atoms with van der Waals surface area (Å²) in [5, 5.41) is 17.4. The monoisotopic (exact) mass is 291 g/mol. The maximum absolute atomic E-state index is 9.77. The number of thiocarbonyl (C=S) groups is 1. The van der Waals surface area contributed by atoms with Crippen molar-refractivity contribution in [2.45, 2.75) is 6.92 Å². The number of nitrogens with one attached hydrogen (secondary N) is 2. The smallest absolute Gasteiger partial charge is 0.186 e. The third-order valence-corrected chi connectivity index (χ3v) is 2.77. The zero-order chi connectivity index (χ0) is 13.0. The molecule has 0 aliphatic carbocycles. The molecule has 0 amide bonds. The molecule has 4 nitrogen and oxygen atoms in total. The van der Waals surface area contributed by atoms with E-state index >= 15 is 0 Å². The van der Waals surface area contributed by atoms with Crippen molar-refractivity contribution in [3.8, 4) is 5.75 Å². The molecule has 1 aromatic carbocycles. The van der Waals surface area contributed by atoms with Crippen LogP contribution in [0.5, 0.6) is 5.75 Å². The summed E-state index contributed by atoms with van der Waals surface area (Å²) >= 11 is 16.5. The van der Waals surface area contributed by atoms with Gasteiger partial charge in [0.25, 0.3) is 0 Å². The van der Waals surface area contributed by atoms with Gasteiger partial charge in [0.2, 0.25) is 0 Å². The number of aromatic hydroxyl groups is 1. The van der Waals surface area contributed by atoms with E-state index in [1.165, 1.54) is 6.07 Å². The fraction of sp³-hybridized carbons (Fsp3) is 0.200. The van der Waals surface area contributed by atoms with Crippen LogP contribution < -0.4 is 10.7 Å². The van der Waals surface area contributed by atoms with E-state index in [1.807, 2.05) is 0 Å². The summed E-state index contributed by atoms with van der Waals surface area (Å²) in [7, 11) is 1.67. The van der Waals surface area contributed by atoms with Crippen molar-refractivity contribution >= 4 is 46.2 Å². The highest BCUT2D eigenvalue weighted by Gasteiger charge is 2.10. The molecule has 0 saturated carbocycles. The molecule has 0 saturated heterocycles. The predicted octanol–water partition coefficient (Wildman–Crippen LogP) is 2.52. The molecule has 0 aliphatic rings. The highest BCUT2D eigenvalue weighted by Crippen LogP contribution is 2.31. The minimum atomic E-state index is -0.0607. The fourth-order valence-corrected chi connectivity index (χ4v) is 1.63. The summed E-state index contributed by atoms with van der Waals surface area (Å²) in [6, 6.07) is 3.03. The van der Waals surface area contributed by atoms with E-state index in [4.69, 9.17) is 35.4 Å². The molecule has 0 fully saturated rings. The largest absolute Gasteiger partial charge is 0.506 e. The molecule has 0 unspecified atom stereocenters. The van der Waals surface area contributed by atoms with Crippen molar-refractivity contribution in [1.82, 2.24) is 10.7 Å². The maximum atomic E-state index is 9.77. The Morgan fingerprint density at radius 2 is 2.06 bits per heavy atom. The van der Waals surface area contributed by atoms with Crippen LogP contribution in [0.2, 0.25) is 10.0 Å². The zero-order valence-electron chi connectivity index (χ0n) is 9.21. The van der Waals surface area contributed by atoms with Crippen LogP contribution in [-0.4, -0.2) is 23.0 Å². The molecule has 0 aromatic heterocycles. The van der Waals surface area contributed by atoms with Crippen LogP contribution in [-0.2, 0) is 0 Å². The molecule has 1 aromatic rings. The lowest BCUT2D eigenvalue weighted by atomic mass is 10.1. The quantitative estimate of drug-likeness (QED) is 0.445. The molecule has 17 heavy (non-hydrogen) atoms. The van der Waals surface area contributed by atoms with Gasteiger partial charge in [0.15, 0.2) is 5.11 Å². The van der Waals surface area contributed by atoms with Crippen LogP contribution >= 0.6 is 35.4 Å². The van der Waals surface area contributed by atoms with E-state index in [0.717, 1.165) is 0 Å². The zero-order valence-corrected chi connectivity index (χ0v) is 11.5. The number of phenols is 1. The van der Waals surface area contributed by atoms with Crippen molar-refractivity contribution in [1.29, 1.82) is 0 Å². The molecule has 0 bridgehead atoms. The van der Waals surface area contributed by atoms with E-state index < -0.39 is 0 Å². The Hall–Kier alpha value is -1.04. The normalized spacial score (nSPS) is 11.2. The standard InChI is InChI=1S/C10H11Cl2N3OS/c1-5(14-15-10(17)13-2)7-3-6(11)4-8(12)9(7)16/h3-4,16H,1-2H3,(H2,13,15,17)/b14-5+. The van der Waals surface area contributed by atoms with E-state index in [9.17, 15) is 5.11 Å². The first kappa shape index (κ1) is 14.0. The number of hydrogen-bond acceptors (Lipinski definition) is 3. The van der Waals surface area contributed by atoms with Gasteiger partial charge in [-0.15, -0.1) is 0 Å². The minimum absolute atomic E-state index is 0.0607. The van der Waals surface area contributed by atoms with Crippen LogP contribution in [0.4, 0.5) is 0 Å². The Balaban J connectivity index is 3.03. The number of phenolic OH excluding ortho intramolecular Hbond substituents is 1. The first-order valence-electron chi connectivity index (χ1n) is 4.66. The number of rotatable bonds is 2.